The molecule has 2 aromatic heterocycles. The standard InChI is InChI=1S/C39H44N4O8/c1-19(2)29-35-43-30(34-40-23(17-48-34)18-49-37(47)38(5,6)7)32(51-35)39-24-10-8-9-11-26(24)41-36(39)50-28-13-12-21(15-25(28)39)14-22(33(46)42-29)16-27(44)31(45)20(3)4/h8-13,15,17,19-20,22,29,31,36,41,45H,14,16,18H2,1-7H3,(H,42,46)/t22?,29-,31-,36?,39-/m0/s1. The maximum absolute atomic E-state index is 14.1. The lowest BCUT2D eigenvalue weighted by Crippen LogP contribution is -2.41. The average Bonchev–Trinajstić information content (AvgIpc) is 3.85. The minimum Gasteiger partial charge on any atom is -0.469 e. The van der Waals surface area contributed by atoms with Crippen molar-refractivity contribution in [3.8, 4) is 17.3 Å². The predicted octanol–water partition coefficient (Wildman–Crippen LogP) is 5.86. The van der Waals surface area contributed by atoms with Gasteiger partial charge in [-0.25, -0.2) is 9.97 Å². The summed E-state index contributed by atoms with van der Waals surface area (Å²) in [6.07, 6.45) is -0.262. The molecular formula is C39H44N4O8. The minimum absolute atomic E-state index is 0.0939. The van der Waals surface area contributed by atoms with Gasteiger partial charge in [0.15, 0.2) is 23.5 Å². The number of rotatable bonds is 8. The molecule has 1 amide bonds. The number of Topliss-reactive ketones (excluding diaryl/α,β-unsaturated/α-hetero) is 1. The quantitative estimate of drug-likeness (QED) is 0.189. The normalized spacial score (nSPS) is 22.6. The van der Waals surface area contributed by atoms with E-state index in [0.717, 1.165) is 22.4 Å². The smallest absolute Gasteiger partial charge is 0.311 e. The molecule has 1 spiro atoms. The minimum atomic E-state index is -1.18. The van der Waals surface area contributed by atoms with Crippen molar-refractivity contribution < 1.29 is 37.8 Å². The fourth-order valence-electron chi connectivity index (χ4n) is 7.14. The summed E-state index contributed by atoms with van der Waals surface area (Å²) in [6, 6.07) is 13.0. The van der Waals surface area contributed by atoms with E-state index in [4.69, 9.17) is 28.3 Å². The summed E-state index contributed by atoms with van der Waals surface area (Å²) in [5.41, 5.74) is 2.33. The molecule has 0 radical (unpaired) electrons. The molecule has 0 aliphatic carbocycles. The molecule has 2 unspecified atom stereocenters. The second kappa shape index (κ2) is 12.7. The summed E-state index contributed by atoms with van der Waals surface area (Å²) in [5, 5.41) is 17.3. The number of carbonyl (C=O) groups is 3. The van der Waals surface area contributed by atoms with E-state index in [1.54, 1.807) is 34.6 Å². The SMILES string of the molecule is CC(C)[C@H](O)C(=O)CC1Cc2ccc3c(c2)[C@@]2(c4ccccc4NC2O3)c2oc(nc2-c2nc(COC(=O)C(C)(C)C)co2)[C@H](C(C)C)NC1=O. The lowest BCUT2D eigenvalue weighted by molar-refractivity contribution is -0.154. The van der Waals surface area contributed by atoms with Gasteiger partial charge in [-0.3, -0.25) is 14.4 Å². The first-order valence-electron chi connectivity index (χ1n) is 17.5. The molecule has 4 bridgehead atoms. The largest absolute Gasteiger partial charge is 0.469 e. The number of nitrogens with zero attached hydrogens (tertiary/aromatic N) is 2. The molecule has 7 rings (SSSR count). The van der Waals surface area contributed by atoms with E-state index in [9.17, 15) is 19.5 Å². The maximum atomic E-state index is 14.1. The number of oxazole rings is 2. The highest BCUT2D eigenvalue weighted by Crippen LogP contribution is 2.59. The van der Waals surface area contributed by atoms with Crippen molar-refractivity contribution in [3.63, 3.8) is 0 Å². The summed E-state index contributed by atoms with van der Waals surface area (Å²) in [6.45, 7) is 12.7. The van der Waals surface area contributed by atoms with Crippen LogP contribution >= 0.6 is 0 Å². The van der Waals surface area contributed by atoms with Gasteiger partial charge in [-0.1, -0.05) is 58.0 Å². The van der Waals surface area contributed by atoms with Gasteiger partial charge in [-0.15, -0.1) is 0 Å². The second-order valence-corrected chi connectivity index (χ2v) is 15.5. The van der Waals surface area contributed by atoms with Crippen LogP contribution in [0.5, 0.6) is 5.75 Å². The third kappa shape index (κ3) is 5.88. The van der Waals surface area contributed by atoms with E-state index in [-0.39, 0.29) is 60.7 Å². The summed E-state index contributed by atoms with van der Waals surface area (Å²) < 4.78 is 25.0. The Bertz CT molecular complexity index is 2010. The highest BCUT2D eigenvalue weighted by Gasteiger charge is 2.61. The van der Waals surface area contributed by atoms with Crippen LogP contribution in [-0.2, 0) is 37.6 Å². The number of benzene rings is 2. The van der Waals surface area contributed by atoms with E-state index in [1.165, 1.54) is 6.26 Å². The Balaban J connectivity index is 1.41. The molecule has 12 heteroatoms. The van der Waals surface area contributed by atoms with Crippen molar-refractivity contribution in [2.24, 2.45) is 23.2 Å². The Hall–Kier alpha value is -4.97. The van der Waals surface area contributed by atoms with Gasteiger partial charge in [0.1, 0.15) is 41.9 Å². The molecular weight excluding hydrogens is 652 g/mol. The summed E-state index contributed by atoms with van der Waals surface area (Å²) >= 11 is 0. The fraction of sp³-hybridized carbons (Fsp3) is 0.462. The molecule has 5 heterocycles. The number of esters is 1. The number of aliphatic hydroxyl groups is 1. The monoisotopic (exact) mass is 696 g/mol. The van der Waals surface area contributed by atoms with Gasteiger partial charge >= 0.3 is 5.97 Å². The van der Waals surface area contributed by atoms with Crippen molar-refractivity contribution in [2.45, 2.75) is 91.7 Å². The number of hydrogen-bond acceptors (Lipinski definition) is 11. The first-order valence-corrected chi connectivity index (χ1v) is 17.5. The number of fused-ring (bicyclic) bond motifs is 4. The number of amides is 1. The fourth-order valence-corrected chi connectivity index (χ4v) is 7.14. The molecule has 3 N–H and O–H groups in total. The number of para-hydroxylation sites is 1. The first-order chi connectivity index (χ1) is 24.2. The van der Waals surface area contributed by atoms with E-state index >= 15 is 0 Å². The number of ether oxygens (including phenoxy) is 2. The average molecular weight is 697 g/mol. The Morgan fingerprint density at radius 3 is 2.55 bits per heavy atom. The van der Waals surface area contributed by atoms with Crippen LogP contribution in [0.15, 0.2) is 57.6 Å². The van der Waals surface area contributed by atoms with Crippen molar-refractivity contribution in [1.82, 2.24) is 15.3 Å². The zero-order chi connectivity index (χ0) is 36.4. The third-order valence-corrected chi connectivity index (χ3v) is 9.96. The van der Waals surface area contributed by atoms with Crippen LogP contribution in [0.2, 0.25) is 0 Å². The number of ketones is 1. The van der Waals surface area contributed by atoms with Crippen molar-refractivity contribution in [2.75, 3.05) is 5.32 Å². The maximum Gasteiger partial charge on any atom is 0.311 e. The van der Waals surface area contributed by atoms with Crippen molar-refractivity contribution in [1.29, 1.82) is 0 Å². The van der Waals surface area contributed by atoms with Crippen LogP contribution in [-0.4, -0.2) is 45.1 Å². The molecule has 0 saturated heterocycles. The topological polar surface area (TPSA) is 166 Å². The molecule has 3 aliphatic rings. The first kappa shape index (κ1) is 34.5. The van der Waals surface area contributed by atoms with E-state index in [0.29, 0.717) is 22.9 Å². The molecule has 51 heavy (non-hydrogen) atoms. The number of aromatic nitrogens is 2. The number of anilines is 1. The van der Waals surface area contributed by atoms with Crippen LogP contribution in [0.1, 0.15) is 95.0 Å². The third-order valence-electron chi connectivity index (χ3n) is 9.96. The molecule has 2 aromatic carbocycles. The molecule has 12 nitrogen and oxygen atoms in total. The highest BCUT2D eigenvalue weighted by molar-refractivity contribution is 5.89. The lowest BCUT2D eigenvalue weighted by Gasteiger charge is -2.28. The van der Waals surface area contributed by atoms with E-state index in [2.05, 4.69) is 10.6 Å². The zero-order valence-electron chi connectivity index (χ0n) is 29.9. The zero-order valence-corrected chi connectivity index (χ0v) is 29.9. The molecule has 0 saturated carbocycles. The molecule has 0 fully saturated rings. The summed E-state index contributed by atoms with van der Waals surface area (Å²) in [7, 11) is 0. The van der Waals surface area contributed by atoms with Crippen LogP contribution in [0.4, 0.5) is 5.69 Å². The molecule has 3 aliphatic heterocycles. The van der Waals surface area contributed by atoms with E-state index < -0.39 is 35.1 Å². The summed E-state index contributed by atoms with van der Waals surface area (Å²) in [5.74, 6) is -0.918. The number of hydrogen-bond donors (Lipinski definition) is 3. The Morgan fingerprint density at radius 1 is 1.06 bits per heavy atom. The van der Waals surface area contributed by atoms with Gasteiger partial charge in [-0.05, 0) is 62.3 Å². The highest BCUT2D eigenvalue weighted by atomic mass is 16.5. The van der Waals surface area contributed by atoms with Gasteiger partial charge in [-0.2, -0.15) is 0 Å². The second-order valence-electron chi connectivity index (χ2n) is 15.5. The Kier molecular flexibility index (Phi) is 8.56. The van der Waals surface area contributed by atoms with Gasteiger partial charge < -0.3 is 34.0 Å². The van der Waals surface area contributed by atoms with Crippen molar-refractivity contribution >= 4 is 23.3 Å². The van der Waals surface area contributed by atoms with Crippen molar-refractivity contribution in [3.05, 3.63) is 82.8 Å². The molecule has 4 aromatic rings. The van der Waals surface area contributed by atoms with Crippen LogP contribution < -0.4 is 15.4 Å². The number of carbonyl (C=O) groups excluding carboxylic acids is 3. The number of nitrogens with one attached hydrogen (secondary N) is 2. The predicted molar refractivity (Wildman–Crippen MR) is 185 cm³/mol. The Labute approximate surface area is 296 Å². The van der Waals surface area contributed by atoms with Gasteiger partial charge in [0.05, 0.1) is 5.41 Å². The number of aliphatic hydroxyl groups excluding tert-OH is 1. The van der Waals surface area contributed by atoms with Crippen LogP contribution in [0, 0.1) is 23.2 Å². The molecule has 5 atom stereocenters. The Morgan fingerprint density at radius 2 is 1.82 bits per heavy atom. The van der Waals surface area contributed by atoms with Crippen LogP contribution in [0.25, 0.3) is 11.6 Å². The summed E-state index contributed by atoms with van der Waals surface area (Å²) in [4.78, 5) is 49.5. The van der Waals surface area contributed by atoms with Gasteiger partial charge in [0.25, 0.3) is 0 Å². The molecule has 268 valence electrons. The van der Waals surface area contributed by atoms with Gasteiger partial charge in [0, 0.05) is 23.6 Å². The van der Waals surface area contributed by atoms with Gasteiger partial charge in [0.2, 0.25) is 17.7 Å². The lowest BCUT2D eigenvalue weighted by atomic mass is 9.72. The van der Waals surface area contributed by atoms with Crippen LogP contribution in [0.3, 0.4) is 0 Å². The van der Waals surface area contributed by atoms with E-state index in [1.807, 2.05) is 56.3 Å².